The summed E-state index contributed by atoms with van der Waals surface area (Å²) in [6.07, 6.45) is 2.61. The first-order valence-corrected chi connectivity index (χ1v) is 14.3. The van der Waals surface area contributed by atoms with Crippen LogP contribution in [0.2, 0.25) is 0 Å². The van der Waals surface area contributed by atoms with Crippen LogP contribution in [0.15, 0.2) is 87.2 Å². The van der Waals surface area contributed by atoms with Crippen molar-refractivity contribution in [2.45, 2.75) is 53.6 Å². The van der Waals surface area contributed by atoms with Crippen LogP contribution in [0.5, 0.6) is 5.75 Å². The zero-order chi connectivity index (χ0) is 28.4. The minimum atomic E-state index is -0.173. The summed E-state index contributed by atoms with van der Waals surface area (Å²) in [5.74, 6) is 1.56. The number of ether oxygens (including phenoxy) is 1. The number of benzene rings is 3. The second kappa shape index (κ2) is 11.6. The normalized spacial score (nSPS) is 12.3. The van der Waals surface area contributed by atoms with E-state index < -0.39 is 0 Å². The molecular weight excluding hydrogens is 564 g/mol. The van der Waals surface area contributed by atoms with Gasteiger partial charge < -0.3 is 9.30 Å². The summed E-state index contributed by atoms with van der Waals surface area (Å²) in [5.41, 5.74) is 6.96. The molecule has 0 saturated carbocycles. The molecule has 0 N–H and O–H groups in total. The van der Waals surface area contributed by atoms with E-state index in [0.29, 0.717) is 23.3 Å². The SMILES string of the molecule is CC[C@H](C)c1nc2ccc(Br)cc2c(=O)n1N=Cc1cc(C)n(-c2ccc(OCc3ccc(C)cc3)cc2)c1C. The van der Waals surface area contributed by atoms with Gasteiger partial charge in [-0.2, -0.15) is 9.78 Å². The summed E-state index contributed by atoms with van der Waals surface area (Å²) in [6.45, 7) is 10.9. The molecule has 0 aliphatic carbocycles. The molecule has 0 saturated heterocycles. The van der Waals surface area contributed by atoms with Crippen molar-refractivity contribution < 1.29 is 4.74 Å². The standard InChI is InChI=1S/C33H33BrN4O2/c1-6-22(3)32-36-31-16-11-27(34)18-30(31)33(39)38(32)35-19-26-17-23(4)37(24(26)5)28-12-14-29(15-13-28)40-20-25-9-7-21(2)8-10-25/h7-19,22H,6,20H2,1-5H3/t22-/m0/s1. The molecular formula is C33H33BrN4O2. The minimum Gasteiger partial charge on any atom is -0.489 e. The molecule has 5 aromatic rings. The molecule has 2 heterocycles. The Labute approximate surface area is 243 Å². The van der Waals surface area contributed by atoms with E-state index in [1.54, 1.807) is 12.3 Å². The number of aryl methyl sites for hydroxylation is 2. The third kappa shape index (κ3) is 5.65. The molecule has 0 fully saturated rings. The van der Waals surface area contributed by atoms with Crippen molar-refractivity contribution in [2.24, 2.45) is 5.10 Å². The van der Waals surface area contributed by atoms with Gasteiger partial charge in [-0.1, -0.05) is 59.6 Å². The lowest BCUT2D eigenvalue weighted by atomic mass is 10.1. The number of rotatable bonds is 8. The van der Waals surface area contributed by atoms with E-state index >= 15 is 0 Å². The summed E-state index contributed by atoms with van der Waals surface area (Å²) < 4.78 is 10.5. The van der Waals surface area contributed by atoms with Gasteiger partial charge in [-0.3, -0.25) is 4.79 Å². The van der Waals surface area contributed by atoms with Gasteiger partial charge >= 0.3 is 0 Å². The van der Waals surface area contributed by atoms with Crippen LogP contribution in [-0.4, -0.2) is 20.4 Å². The number of halogens is 1. The lowest BCUT2D eigenvalue weighted by Gasteiger charge is -2.14. The molecule has 7 heteroatoms. The molecule has 2 aromatic heterocycles. The molecule has 0 spiro atoms. The van der Waals surface area contributed by atoms with Crippen LogP contribution in [0.1, 0.15) is 60.1 Å². The molecule has 204 valence electrons. The Morgan fingerprint density at radius 3 is 2.42 bits per heavy atom. The predicted molar refractivity (Wildman–Crippen MR) is 166 cm³/mol. The zero-order valence-corrected chi connectivity index (χ0v) is 25.1. The molecule has 1 atom stereocenters. The molecule has 5 rings (SSSR count). The average Bonchev–Trinajstić information content (AvgIpc) is 3.24. The lowest BCUT2D eigenvalue weighted by Crippen LogP contribution is -2.23. The second-order valence-electron chi connectivity index (χ2n) is 10.2. The van der Waals surface area contributed by atoms with Crippen LogP contribution in [0, 0.1) is 20.8 Å². The van der Waals surface area contributed by atoms with E-state index in [9.17, 15) is 4.79 Å². The van der Waals surface area contributed by atoms with E-state index in [2.05, 4.69) is 103 Å². The molecule has 0 aliphatic heterocycles. The molecule has 0 unspecified atom stereocenters. The summed E-state index contributed by atoms with van der Waals surface area (Å²) in [4.78, 5) is 18.3. The summed E-state index contributed by atoms with van der Waals surface area (Å²) >= 11 is 3.47. The van der Waals surface area contributed by atoms with Gasteiger partial charge in [0.1, 0.15) is 18.2 Å². The van der Waals surface area contributed by atoms with Crippen molar-refractivity contribution in [3.63, 3.8) is 0 Å². The van der Waals surface area contributed by atoms with Crippen molar-refractivity contribution in [3.05, 3.63) is 122 Å². The molecule has 6 nitrogen and oxygen atoms in total. The Hall–Kier alpha value is -3.97. The average molecular weight is 598 g/mol. The van der Waals surface area contributed by atoms with E-state index in [1.807, 2.05) is 24.3 Å². The first kappa shape index (κ1) is 27.6. The zero-order valence-electron chi connectivity index (χ0n) is 23.5. The number of aromatic nitrogens is 3. The number of hydrogen-bond acceptors (Lipinski definition) is 4. The van der Waals surface area contributed by atoms with Gasteiger partial charge in [-0.05, 0) is 81.3 Å². The van der Waals surface area contributed by atoms with Crippen molar-refractivity contribution in [3.8, 4) is 11.4 Å². The third-order valence-corrected chi connectivity index (χ3v) is 7.78. The van der Waals surface area contributed by atoms with Crippen LogP contribution in [0.4, 0.5) is 0 Å². The van der Waals surface area contributed by atoms with Crippen molar-refractivity contribution in [1.29, 1.82) is 0 Å². The van der Waals surface area contributed by atoms with Gasteiger partial charge in [0.25, 0.3) is 5.56 Å². The molecule has 3 aromatic carbocycles. The fraction of sp³-hybridized carbons (Fsp3) is 0.242. The summed E-state index contributed by atoms with van der Waals surface area (Å²) in [6, 6.07) is 24.1. The lowest BCUT2D eigenvalue weighted by molar-refractivity contribution is 0.306. The highest BCUT2D eigenvalue weighted by Gasteiger charge is 2.16. The fourth-order valence-corrected chi connectivity index (χ4v) is 5.12. The van der Waals surface area contributed by atoms with Crippen LogP contribution >= 0.6 is 15.9 Å². The van der Waals surface area contributed by atoms with Gasteiger partial charge in [-0.25, -0.2) is 4.98 Å². The number of fused-ring (bicyclic) bond motifs is 1. The largest absolute Gasteiger partial charge is 0.489 e. The van der Waals surface area contributed by atoms with Crippen molar-refractivity contribution in [2.75, 3.05) is 0 Å². The summed E-state index contributed by atoms with van der Waals surface area (Å²) in [7, 11) is 0. The van der Waals surface area contributed by atoms with Gasteiger partial charge in [0, 0.05) is 33.0 Å². The third-order valence-electron chi connectivity index (χ3n) is 7.29. The smallest absolute Gasteiger partial charge is 0.282 e. The topological polar surface area (TPSA) is 61.4 Å². The number of hydrogen-bond donors (Lipinski definition) is 0. The molecule has 0 amide bonds. The highest BCUT2D eigenvalue weighted by atomic mass is 79.9. The molecule has 40 heavy (non-hydrogen) atoms. The van der Waals surface area contributed by atoms with E-state index in [0.717, 1.165) is 44.8 Å². The quantitative estimate of drug-likeness (QED) is 0.171. The highest BCUT2D eigenvalue weighted by molar-refractivity contribution is 9.10. The molecule has 0 aliphatic rings. The Bertz CT molecular complexity index is 1750. The maximum absolute atomic E-state index is 13.5. The van der Waals surface area contributed by atoms with Gasteiger partial charge in [0.2, 0.25) is 0 Å². The predicted octanol–water partition coefficient (Wildman–Crippen LogP) is 7.85. The maximum Gasteiger partial charge on any atom is 0.282 e. The Morgan fingerprint density at radius 1 is 1.00 bits per heavy atom. The first-order chi connectivity index (χ1) is 19.2. The van der Waals surface area contributed by atoms with Gasteiger partial charge in [0.15, 0.2) is 0 Å². The van der Waals surface area contributed by atoms with Gasteiger partial charge in [0.05, 0.1) is 17.1 Å². The Kier molecular flexibility index (Phi) is 8.03. The van der Waals surface area contributed by atoms with E-state index in [-0.39, 0.29) is 11.5 Å². The number of nitrogens with zero attached hydrogens (tertiary/aromatic N) is 4. The van der Waals surface area contributed by atoms with Crippen molar-refractivity contribution >= 4 is 33.0 Å². The van der Waals surface area contributed by atoms with Gasteiger partial charge in [-0.15, -0.1) is 0 Å². The first-order valence-electron chi connectivity index (χ1n) is 13.5. The van der Waals surface area contributed by atoms with Crippen LogP contribution < -0.4 is 10.3 Å². The Balaban J connectivity index is 1.43. The monoisotopic (exact) mass is 596 g/mol. The van der Waals surface area contributed by atoms with Crippen LogP contribution in [-0.2, 0) is 6.61 Å². The van der Waals surface area contributed by atoms with E-state index in [1.165, 1.54) is 10.2 Å². The second-order valence-corrected chi connectivity index (χ2v) is 11.1. The Morgan fingerprint density at radius 2 is 1.73 bits per heavy atom. The molecule has 0 bridgehead atoms. The van der Waals surface area contributed by atoms with Crippen LogP contribution in [0.3, 0.4) is 0 Å². The highest BCUT2D eigenvalue weighted by Crippen LogP contribution is 2.24. The fourth-order valence-electron chi connectivity index (χ4n) is 4.76. The molecule has 0 radical (unpaired) electrons. The van der Waals surface area contributed by atoms with E-state index in [4.69, 9.17) is 9.72 Å². The van der Waals surface area contributed by atoms with Crippen molar-refractivity contribution in [1.82, 2.24) is 14.2 Å². The maximum atomic E-state index is 13.5. The summed E-state index contributed by atoms with van der Waals surface area (Å²) in [5, 5.41) is 5.21. The minimum absolute atomic E-state index is 0.0806. The van der Waals surface area contributed by atoms with Crippen LogP contribution in [0.25, 0.3) is 16.6 Å².